The van der Waals surface area contributed by atoms with E-state index < -0.39 is 0 Å². The summed E-state index contributed by atoms with van der Waals surface area (Å²) in [7, 11) is 0. The first kappa shape index (κ1) is 37.4. The Balaban J connectivity index is 0.909. The van der Waals surface area contributed by atoms with Crippen molar-refractivity contribution in [1.82, 2.24) is 9.97 Å². The molecule has 0 saturated carbocycles. The molecule has 5 aliphatic carbocycles. The summed E-state index contributed by atoms with van der Waals surface area (Å²) in [5.41, 5.74) is 16.0. The van der Waals surface area contributed by atoms with Crippen molar-refractivity contribution < 1.29 is 0 Å². The van der Waals surface area contributed by atoms with E-state index in [2.05, 4.69) is 177 Å². The Morgan fingerprint density at radius 3 is 2.39 bits per heavy atom. The van der Waals surface area contributed by atoms with Crippen LogP contribution in [0.4, 0.5) is 5.69 Å². The molecule has 3 heteroatoms. The maximum absolute atomic E-state index is 4.89. The van der Waals surface area contributed by atoms with Crippen molar-refractivity contribution in [2.75, 3.05) is 4.90 Å². The van der Waals surface area contributed by atoms with E-state index in [1.165, 1.54) is 79.5 Å². The number of benzene rings is 5. The van der Waals surface area contributed by atoms with E-state index >= 15 is 0 Å². The molecule has 0 fully saturated rings. The van der Waals surface area contributed by atoms with Gasteiger partial charge in [0.05, 0.1) is 16.7 Å². The molecule has 6 unspecified atom stereocenters. The Morgan fingerprint density at radius 2 is 1.48 bits per heavy atom. The van der Waals surface area contributed by atoms with Gasteiger partial charge >= 0.3 is 0 Å². The van der Waals surface area contributed by atoms with Crippen LogP contribution < -0.4 is 4.90 Å². The molecule has 0 N–H and O–H groups in total. The van der Waals surface area contributed by atoms with Crippen molar-refractivity contribution >= 4 is 38.3 Å². The first-order valence-corrected chi connectivity index (χ1v) is 23.2. The highest BCUT2D eigenvalue weighted by atomic mass is 15.2. The van der Waals surface area contributed by atoms with Gasteiger partial charge in [0.2, 0.25) is 0 Å². The molecule has 2 bridgehead atoms. The average Bonchev–Trinajstić information content (AvgIpc) is 3.55. The highest BCUT2D eigenvalue weighted by Crippen LogP contribution is 2.54. The number of rotatable bonds is 6. The van der Waals surface area contributed by atoms with Crippen LogP contribution in [0.25, 0.3) is 43.7 Å². The van der Waals surface area contributed by atoms with E-state index in [-0.39, 0.29) is 0 Å². The predicted molar refractivity (Wildman–Crippen MR) is 259 cm³/mol. The maximum atomic E-state index is 4.89. The van der Waals surface area contributed by atoms with Crippen LogP contribution in [-0.4, -0.2) is 9.97 Å². The zero-order valence-electron chi connectivity index (χ0n) is 35.8. The third-order valence-corrected chi connectivity index (χ3v) is 15.3. The van der Waals surface area contributed by atoms with Crippen molar-refractivity contribution in [2.24, 2.45) is 29.6 Å². The van der Waals surface area contributed by atoms with Gasteiger partial charge in [0.1, 0.15) is 0 Å². The fourth-order valence-electron chi connectivity index (χ4n) is 12.5. The zero-order chi connectivity index (χ0) is 41.3. The van der Waals surface area contributed by atoms with Gasteiger partial charge in [-0.1, -0.05) is 141 Å². The number of allylic oxidation sites excluding steroid dienone is 14. The number of hydrogen-bond acceptors (Lipinski definition) is 3. The van der Waals surface area contributed by atoms with Gasteiger partial charge in [0.15, 0.2) is 0 Å². The second-order valence-corrected chi connectivity index (χ2v) is 18.4. The van der Waals surface area contributed by atoms with Crippen LogP contribution in [0.3, 0.4) is 0 Å². The Bertz CT molecular complexity index is 3020. The minimum Gasteiger partial charge on any atom is -0.311 e. The van der Waals surface area contributed by atoms with Crippen molar-refractivity contribution in [3.63, 3.8) is 0 Å². The molecule has 5 aromatic carbocycles. The molecular weight excluding hydrogens is 751 g/mol. The summed E-state index contributed by atoms with van der Waals surface area (Å²) < 4.78 is 0. The number of nitrogens with zero attached hydrogens (tertiary/aromatic N) is 3. The lowest BCUT2D eigenvalue weighted by Gasteiger charge is -2.47. The van der Waals surface area contributed by atoms with Crippen LogP contribution in [0.15, 0.2) is 187 Å². The van der Waals surface area contributed by atoms with Gasteiger partial charge in [0.25, 0.3) is 0 Å². The Labute approximate surface area is 366 Å². The van der Waals surface area contributed by atoms with E-state index in [1.807, 2.05) is 12.4 Å². The molecule has 304 valence electrons. The first-order chi connectivity index (χ1) is 30.7. The fraction of sp³-hybridized carbons (Fsp3) is 0.254. The molecule has 1 aliphatic heterocycles. The smallest absolute Gasteiger partial charge is 0.0971 e. The number of para-hydroxylation sites is 1. The van der Waals surface area contributed by atoms with E-state index in [4.69, 9.17) is 9.97 Å². The second kappa shape index (κ2) is 15.2. The van der Waals surface area contributed by atoms with Crippen LogP contribution in [0.2, 0.25) is 0 Å². The number of aromatic nitrogens is 2. The normalized spacial score (nSPS) is 25.9. The maximum Gasteiger partial charge on any atom is 0.0971 e. The van der Waals surface area contributed by atoms with E-state index in [9.17, 15) is 0 Å². The number of hydrogen-bond donors (Lipinski definition) is 0. The molecule has 0 saturated heterocycles. The summed E-state index contributed by atoms with van der Waals surface area (Å²) in [5, 5.41) is 4.79. The molecule has 6 aliphatic rings. The van der Waals surface area contributed by atoms with E-state index in [0.717, 1.165) is 42.1 Å². The largest absolute Gasteiger partial charge is 0.311 e. The molecule has 7 atom stereocenters. The molecule has 0 radical (unpaired) electrons. The molecule has 3 nitrogen and oxygen atoms in total. The lowest BCUT2D eigenvalue weighted by molar-refractivity contribution is 0.187. The van der Waals surface area contributed by atoms with Gasteiger partial charge in [-0.05, 0) is 143 Å². The third-order valence-electron chi connectivity index (χ3n) is 15.3. The van der Waals surface area contributed by atoms with Crippen molar-refractivity contribution in [1.29, 1.82) is 0 Å². The molecular formula is C59H53N3. The van der Waals surface area contributed by atoms with Crippen LogP contribution in [-0.2, 0) is 6.42 Å². The van der Waals surface area contributed by atoms with Gasteiger partial charge in [-0.25, -0.2) is 0 Å². The zero-order valence-corrected chi connectivity index (χ0v) is 35.8. The number of fused-ring (bicyclic) bond motifs is 11. The van der Waals surface area contributed by atoms with Crippen LogP contribution in [0.5, 0.6) is 0 Å². The van der Waals surface area contributed by atoms with Gasteiger partial charge < -0.3 is 4.90 Å². The molecule has 0 spiro atoms. The number of anilines is 1. The average molecular weight is 804 g/mol. The summed E-state index contributed by atoms with van der Waals surface area (Å²) >= 11 is 0. The standard InChI is InChI=1S/C59H53N3/c1-3-14-42-37(2)41(39-25-26-52-47-21-9-11-23-54(47)58-59(55(52)36-39)61-34-33-60-58)27-28-48(42)49-29-30-50(45-19-7-6-18-44(45)49)51-31-32-57(53-22-10-8-20-46(51)53)62-40-16-5-4-15-38(35-40)43-17-12-13-24-56(43)62/h4-6,8-9,11-13,15-18,20-21,23-36,38,44-46,49-51H,3,7,10,14,19,22H2,1-2H3/t38?,44?,45?,46?,49?,50-,51?/m1/s1. The summed E-state index contributed by atoms with van der Waals surface area (Å²) in [6, 6.07) is 29.6. The van der Waals surface area contributed by atoms with Crippen molar-refractivity contribution in [2.45, 2.75) is 64.2 Å². The molecule has 6 aromatic rings. The fourth-order valence-corrected chi connectivity index (χ4v) is 12.5. The molecule has 1 aromatic heterocycles. The monoisotopic (exact) mass is 803 g/mol. The molecule has 2 heterocycles. The van der Waals surface area contributed by atoms with Crippen molar-refractivity contribution in [3.05, 3.63) is 209 Å². The van der Waals surface area contributed by atoms with Crippen molar-refractivity contribution in [3.8, 4) is 11.1 Å². The van der Waals surface area contributed by atoms with Crippen LogP contribution in [0, 0.1) is 36.5 Å². The van der Waals surface area contributed by atoms with Gasteiger partial charge in [-0.15, -0.1) is 0 Å². The Morgan fingerprint density at radius 1 is 0.661 bits per heavy atom. The Kier molecular flexibility index (Phi) is 9.20. The lowest BCUT2D eigenvalue weighted by Crippen LogP contribution is -2.39. The van der Waals surface area contributed by atoms with E-state index in [0.29, 0.717) is 41.4 Å². The Hall–Kier alpha value is -6.32. The third kappa shape index (κ3) is 5.92. The summed E-state index contributed by atoms with van der Waals surface area (Å²) in [6.45, 7) is 4.71. The minimum absolute atomic E-state index is 0.311. The minimum atomic E-state index is 0.311. The summed E-state index contributed by atoms with van der Waals surface area (Å²) in [6.07, 6.45) is 42.6. The highest BCUT2D eigenvalue weighted by Gasteiger charge is 2.44. The lowest BCUT2D eigenvalue weighted by atomic mass is 9.58. The first-order valence-electron chi connectivity index (χ1n) is 23.2. The SMILES string of the molecule is CCCc1c(C2C=C[C@@H](C3C=CC(N4C5=CC(C=CC=C5)c5ccccc54)=C4CCC=CC43)C3CCC=CC23)ccc(-c2ccc3c4ccccc4c4nccnc4c3c2)c1C. The van der Waals surface area contributed by atoms with Gasteiger partial charge in [-0.2, -0.15) is 0 Å². The van der Waals surface area contributed by atoms with Crippen LogP contribution >= 0.6 is 0 Å². The van der Waals surface area contributed by atoms with E-state index in [1.54, 1.807) is 5.57 Å². The van der Waals surface area contributed by atoms with Gasteiger partial charge in [-0.3, -0.25) is 9.97 Å². The molecule has 62 heavy (non-hydrogen) atoms. The predicted octanol–water partition coefficient (Wildman–Crippen LogP) is 14.7. The van der Waals surface area contributed by atoms with Crippen LogP contribution in [0.1, 0.15) is 73.1 Å². The highest BCUT2D eigenvalue weighted by molar-refractivity contribution is 6.23. The quantitative estimate of drug-likeness (QED) is 0.124. The van der Waals surface area contributed by atoms with Gasteiger partial charge in [0, 0.05) is 52.3 Å². The second-order valence-electron chi connectivity index (χ2n) is 18.4. The summed E-state index contributed by atoms with van der Waals surface area (Å²) in [5.74, 6) is 3.09. The topological polar surface area (TPSA) is 29.0 Å². The molecule has 12 rings (SSSR count). The molecule has 0 amide bonds. The summed E-state index contributed by atoms with van der Waals surface area (Å²) in [4.78, 5) is 12.3.